The third-order valence-electron chi connectivity index (χ3n) is 4.32. The van der Waals surface area contributed by atoms with E-state index in [-0.39, 0.29) is 10.5 Å². The molecule has 0 fully saturated rings. The smallest absolute Gasteiger partial charge is 0.327 e. The van der Waals surface area contributed by atoms with Crippen LogP contribution in [-0.4, -0.2) is 41.1 Å². The van der Waals surface area contributed by atoms with E-state index in [9.17, 15) is 13.2 Å². The maximum atomic E-state index is 13.7. The van der Waals surface area contributed by atoms with Crippen molar-refractivity contribution in [1.29, 1.82) is 0 Å². The van der Waals surface area contributed by atoms with Crippen LogP contribution < -0.4 is 4.31 Å². The first kappa shape index (κ1) is 21.8. The minimum absolute atomic E-state index is 0.0340. The van der Waals surface area contributed by atoms with E-state index in [0.29, 0.717) is 11.5 Å². The van der Waals surface area contributed by atoms with Gasteiger partial charge in [0.05, 0.1) is 5.69 Å². The molecule has 2 heterocycles. The van der Waals surface area contributed by atoms with Crippen molar-refractivity contribution in [3.8, 4) is 0 Å². The number of pyridine rings is 1. The lowest BCUT2D eigenvalue weighted by molar-refractivity contribution is -0.152. The van der Waals surface area contributed by atoms with E-state index < -0.39 is 28.1 Å². The van der Waals surface area contributed by atoms with Gasteiger partial charge in [-0.1, -0.05) is 6.07 Å². The van der Waals surface area contributed by atoms with Gasteiger partial charge in [-0.05, 0) is 76.9 Å². The lowest BCUT2D eigenvalue weighted by Crippen LogP contribution is -2.39. The standard InChI is InChI=1S/C21H26N4O4S/c1-14-10-15(2)12-17(11-14)25(13-19(26)29-21(4,5)6)30(27,28)18-8-7-9-24-16(3)22-23-20(18)24/h7-12H,13H2,1-6H3. The molecule has 0 unspecified atom stereocenters. The number of rotatable bonds is 5. The van der Waals surface area contributed by atoms with Gasteiger partial charge in [-0.25, -0.2) is 8.42 Å². The average Bonchev–Trinajstić information content (AvgIpc) is 2.98. The summed E-state index contributed by atoms with van der Waals surface area (Å²) in [6.45, 7) is 10.2. The summed E-state index contributed by atoms with van der Waals surface area (Å²) in [6, 6.07) is 8.46. The Balaban J connectivity index is 2.16. The number of anilines is 1. The van der Waals surface area contributed by atoms with Gasteiger partial charge in [0.15, 0.2) is 5.65 Å². The molecular formula is C21H26N4O4S. The first-order valence-corrected chi connectivity index (χ1v) is 11.0. The van der Waals surface area contributed by atoms with Crippen LogP contribution in [0.2, 0.25) is 0 Å². The fourth-order valence-electron chi connectivity index (χ4n) is 3.23. The third-order valence-corrected chi connectivity index (χ3v) is 6.12. The normalized spacial score (nSPS) is 12.2. The van der Waals surface area contributed by atoms with E-state index in [2.05, 4.69) is 10.2 Å². The van der Waals surface area contributed by atoms with Gasteiger partial charge in [-0.2, -0.15) is 0 Å². The van der Waals surface area contributed by atoms with Crippen LogP contribution in [0.25, 0.3) is 5.65 Å². The van der Waals surface area contributed by atoms with Crippen LogP contribution in [0, 0.1) is 20.8 Å². The molecule has 0 atom stereocenters. The van der Waals surface area contributed by atoms with Gasteiger partial charge in [0.2, 0.25) is 0 Å². The van der Waals surface area contributed by atoms with Crippen molar-refractivity contribution >= 4 is 27.3 Å². The molecule has 0 aliphatic heterocycles. The first-order chi connectivity index (χ1) is 13.9. The van der Waals surface area contributed by atoms with Gasteiger partial charge in [-0.15, -0.1) is 10.2 Å². The van der Waals surface area contributed by atoms with Gasteiger partial charge >= 0.3 is 5.97 Å². The molecule has 0 N–H and O–H groups in total. The first-order valence-electron chi connectivity index (χ1n) is 9.52. The second-order valence-corrected chi connectivity index (χ2v) is 10.1. The number of benzene rings is 1. The third kappa shape index (κ3) is 4.46. The molecule has 0 radical (unpaired) electrons. The maximum absolute atomic E-state index is 13.7. The topological polar surface area (TPSA) is 93.9 Å². The minimum Gasteiger partial charge on any atom is -0.459 e. The summed E-state index contributed by atoms with van der Waals surface area (Å²) in [5.74, 6) is -0.0815. The Morgan fingerprint density at radius 1 is 1.10 bits per heavy atom. The van der Waals surface area contributed by atoms with Crippen molar-refractivity contribution in [2.45, 2.75) is 52.0 Å². The number of fused-ring (bicyclic) bond motifs is 1. The fraction of sp³-hybridized carbons (Fsp3) is 0.381. The second kappa shape index (κ2) is 7.71. The van der Waals surface area contributed by atoms with Crippen molar-refractivity contribution in [3.63, 3.8) is 0 Å². The van der Waals surface area contributed by atoms with E-state index >= 15 is 0 Å². The monoisotopic (exact) mass is 430 g/mol. The number of esters is 1. The molecule has 0 bridgehead atoms. The Labute approximate surface area is 176 Å². The number of aromatic nitrogens is 3. The highest BCUT2D eigenvalue weighted by Crippen LogP contribution is 2.28. The largest absolute Gasteiger partial charge is 0.459 e. The molecule has 2 aromatic heterocycles. The van der Waals surface area contributed by atoms with Crippen LogP contribution in [0.5, 0.6) is 0 Å². The molecule has 0 amide bonds. The molecule has 9 heteroatoms. The number of hydrogen-bond acceptors (Lipinski definition) is 6. The summed E-state index contributed by atoms with van der Waals surface area (Å²) < 4.78 is 35.5. The lowest BCUT2D eigenvalue weighted by Gasteiger charge is -2.27. The molecular weight excluding hydrogens is 404 g/mol. The number of nitrogens with zero attached hydrogens (tertiary/aromatic N) is 4. The molecule has 160 valence electrons. The number of carbonyl (C=O) groups is 1. The van der Waals surface area contributed by atoms with Crippen LogP contribution in [0.4, 0.5) is 5.69 Å². The van der Waals surface area contributed by atoms with Gasteiger partial charge in [0.1, 0.15) is 22.9 Å². The van der Waals surface area contributed by atoms with Crippen LogP contribution in [0.3, 0.4) is 0 Å². The van der Waals surface area contributed by atoms with Crippen LogP contribution in [-0.2, 0) is 19.6 Å². The second-order valence-electron chi connectivity index (χ2n) is 8.26. The highest BCUT2D eigenvalue weighted by molar-refractivity contribution is 7.93. The van der Waals surface area contributed by atoms with Crippen molar-refractivity contribution < 1.29 is 17.9 Å². The minimum atomic E-state index is -4.14. The van der Waals surface area contributed by atoms with Gasteiger partial charge < -0.3 is 4.74 Å². The summed E-state index contributed by atoms with van der Waals surface area (Å²) >= 11 is 0. The van der Waals surface area contributed by atoms with Crippen LogP contribution in [0.15, 0.2) is 41.4 Å². The number of ether oxygens (including phenoxy) is 1. The number of sulfonamides is 1. The molecule has 8 nitrogen and oxygen atoms in total. The van der Waals surface area contributed by atoms with E-state index in [1.807, 2.05) is 19.9 Å². The Morgan fingerprint density at radius 2 is 1.73 bits per heavy atom. The van der Waals surface area contributed by atoms with Gasteiger partial charge in [0, 0.05) is 6.20 Å². The predicted molar refractivity (Wildman–Crippen MR) is 114 cm³/mol. The molecule has 30 heavy (non-hydrogen) atoms. The number of aryl methyl sites for hydroxylation is 3. The summed E-state index contributed by atoms with van der Waals surface area (Å²) in [5.41, 5.74) is 1.61. The molecule has 0 saturated carbocycles. The summed E-state index contributed by atoms with van der Waals surface area (Å²) in [7, 11) is -4.14. The van der Waals surface area contributed by atoms with E-state index in [1.54, 1.807) is 56.5 Å². The predicted octanol–water partition coefficient (Wildman–Crippen LogP) is 3.19. The average molecular weight is 431 g/mol. The zero-order valence-electron chi connectivity index (χ0n) is 18.0. The van der Waals surface area contributed by atoms with Crippen molar-refractivity contribution in [2.24, 2.45) is 0 Å². The van der Waals surface area contributed by atoms with Gasteiger partial charge in [0.25, 0.3) is 10.0 Å². The van der Waals surface area contributed by atoms with Gasteiger partial charge in [-0.3, -0.25) is 13.5 Å². The van der Waals surface area contributed by atoms with Crippen LogP contribution >= 0.6 is 0 Å². The molecule has 1 aromatic carbocycles. The SMILES string of the molecule is Cc1cc(C)cc(N(CC(=O)OC(C)(C)C)S(=O)(=O)c2cccn3c(C)nnc23)c1. The maximum Gasteiger partial charge on any atom is 0.327 e. The molecule has 0 spiro atoms. The Kier molecular flexibility index (Phi) is 5.60. The summed E-state index contributed by atoms with van der Waals surface area (Å²) in [5, 5.41) is 8.00. The van der Waals surface area contributed by atoms with Crippen molar-refractivity contribution in [1.82, 2.24) is 14.6 Å². The van der Waals surface area contributed by atoms with Crippen LogP contribution in [0.1, 0.15) is 37.7 Å². The van der Waals surface area contributed by atoms with E-state index in [1.165, 1.54) is 6.07 Å². The number of hydrogen-bond donors (Lipinski definition) is 0. The zero-order chi connectivity index (χ0) is 22.3. The zero-order valence-corrected chi connectivity index (χ0v) is 18.8. The van der Waals surface area contributed by atoms with E-state index in [4.69, 9.17) is 4.74 Å². The Morgan fingerprint density at radius 3 is 2.33 bits per heavy atom. The molecule has 0 aliphatic rings. The highest BCUT2D eigenvalue weighted by Gasteiger charge is 2.32. The van der Waals surface area contributed by atoms with E-state index in [0.717, 1.165) is 15.4 Å². The van der Waals surface area contributed by atoms with Crippen molar-refractivity contribution in [3.05, 3.63) is 53.5 Å². The summed E-state index contributed by atoms with van der Waals surface area (Å²) in [4.78, 5) is 12.6. The Hall–Kier alpha value is -2.94. The molecule has 3 rings (SSSR count). The molecule has 0 aliphatic carbocycles. The quantitative estimate of drug-likeness (QED) is 0.577. The fourth-order valence-corrected chi connectivity index (χ4v) is 4.74. The van der Waals surface area contributed by atoms with Crippen molar-refractivity contribution in [2.75, 3.05) is 10.8 Å². The number of carbonyl (C=O) groups excluding carboxylic acids is 1. The molecule has 3 aromatic rings. The highest BCUT2D eigenvalue weighted by atomic mass is 32.2. The molecule has 0 saturated heterocycles. The lowest BCUT2D eigenvalue weighted by atomic mass is 10.1. The summed E-state index contributed by atoms with van der Waals surface area (Å²) in [6.07, 6.45) is 1.69. The Bertz CT molecular complexity index is 1190.